The van der Waals surface area contributed by atoms with E-state index >= 15 is 0 Å². The zero-order valence-corrected chi connectivity index (χ0v) is 8.08. The van der Waals surface area contributed by atoms with Crippen LogP contribution in [0.15, 0.2) is 24.3 Å². The SMILES string of the molecule is CC(=O)Oc1ccc(OS(=O)[O-])cc1. The summed E-state index contributed by atoms with van der Waals surface area (Å²) in [7, 11) is 0. The lowest BCUT2D eigenvalue weighted by atomic mass is 10.3. The van der Waals surface area contributed by atoms with E-state index in [-0.39, 0.29) is 5.75 Å². The van der Waals surface area contributed by atoms with Gasteiger partial charge in [0.25, 0.3) is 0 Å². The van der Waals surface area contributed by atoms with Gasteiger partial charge in [-0.1, -0.05) is 0 Å². The number of hydrogen-bond acceptors (Lipinski definition) is 5. The van der Waals surface area contributed by atoms with Gasteiger partial charge >= 0.3 is 5.97 Å². The fourth-order valence-corrected chi connectivity index (χ4v) is 1.08. The lowest BCUT2D eigenvalue weighted by molar-refractivity contribution is -0.131. The quantitative estimate of drug-likeness (QED) is 0.423. The van der Waals surface area contributed by atoms with Crippen LogP contribution < -0.4 is 8.92 Å². The van der Waals surface area contributed by atoms with Gasteiger partial charge in [0.15, 0.2) is 0 Å². The average molecular weight is 215 g/mol. The zero-order valence-electron chi connectivity index (χ0n) is 7.26. The van der Waals surface area contributed by atoms with Crippen LogP contribution >= 0.6 is 0 Å². The van der Waals surface area contributed by atoms with Crippen molar-refractivity contribution < 1.29 is 22.5 Å². The number of benzene rings is 1. The topological polar surface area (TPSA) is 75.7 Å². The molecule has 6 heteroatoms. The standard InChI is InChI=1S/C8H8O5S/c1-6(9)12-7-2-4-8(5-3-7)13-14(10)11/h2-5H,1H3,(H,10,11)/p-1. The van der Waals surface area contributed by atoms with Gasteiger partial charge in [0.2, 0.25) is 0 Å². The number of hydrogen-bond donors (Lipinski definition) is 0. The molecule has 0 radical (unpaired) electrons. The lowest BCUT2D eigenvalue weighted by Gasteiger charge is -2.07. The summed E-state index contributed by atoms with van der Waals surface area (Å²) in [6.07, 6.45) is 0. The maximum absolute atomic E-state index is 10.5. The van der Waals surface area contributed by atoms with Crippen molar-refractivity contribution in [3.05, 3.63) is 24.3 Å². The van der Waals surface area contributed by atoms with Crippen LogP contribution in [0.5, 0.6) is 11.5 Å². The summed E-state index contributed by atoms with van der Waals surface area (Å²) in [5.74, 6) is 0.0573. The summed E-state index contributed by atoms with van der Waals surface area (Å²) in [4.78, 5) is 10.5. The van der Waals surface area contributed by atoms with Crippen molar-refractivity contribution in [2.45, 2.75) is 6.92 Å². The smallest absolute Gasteiger partial charge is 0.308 e. The Balaban J connectivity index is 2.68. The zero-order chi connectivity index (χ0) is 10.6. The molecule has 14 heavy (non-hydrogen) atoms. The highest BCUT2D eigenvalue weighted by molar-refractivity contribution is 7.74. The van der Waals surface area contributed by atoms with Gasteiger partial charge in [-0.05, 0) is 24.3 Å². The van der Waals surface area contributed by atoms with E-state index in [4.69, 9.17) is 4.74 Å². The second-order valence-corrected chi connectivity index (χ2v) is 2.93. The Morgan fingerprint density at radius 2 is 1.79 bits per heavy atom. The molecule has 0 N–H and O–H groups in total. The molecule has 0 amide bonds. The van der Waals surface area contributed by atoms with Crippen LogP contribution in [0, 0.1) is 0 Å². The molecule has 0 bridgehead atoms. The molecule has 76 valence electrons. The maximum atomic E-state index is 10.5. The molecule has 1 unspecified atom stereocenters. The van der Waals surface area contributed by atoms with Crippen molar-refractivity contribution in [2.75, 3.05) is 0 Å². The third-order valence-electron chi connectivity index (χ3n) is 1.25. The summed E-state index contributed by atoms with van der Waals surface area (Å²) in [5.41, 5.74) is 0. The number of carbonyl (C=O) groups is 1. The molecule has 0 aliphatic carbocycles. The van der Waals surface area contributed by atoms with E-state index in [1.54, 1.807) is 0 Å². The fraction of sp³-hybridized carbons (Fsp3) is 0.125. The van der Waals surface area contributed by atoms with E-state index in [0.717, 1.165) is 0 Å². The minimum Gasteiger partial charge on any atom is -0.740 e. The molecule has 1 aromatic rings. The summed E-state index contributed by atoms with van der Waals surface area (Å²) < 4.78 is 29.3. The Morgan fingerprint density at radius 3 is 2.21 bits per heavy atom. The Kier molecular flexibility index (Phi) is 3.61. The Labute approximate surface area is 83.1 Å². The average Bonchev–Trinajstić information content (AvgIpc) is 2.06. The van der Waals surface area contributed by atoms with Crippen molar-refractivity contribution >= 4 is 17.3 Å². The highest BCUT2D eigenvalue weighted by Crippen LogP contribution is 2.17. The predicted octanol–water partition coefficient (Wildman–Crippen LogP) is 0.785. The van der Waals surface area contributed by atoms with Gasteiger partial charge in [-0.15, -0.1) is 0 Å². The first-order chi connectivity index (χ1) is 6.58. The minimum absolute atomic E-state index is 0.161. The molecule has 1 rings (SSSR count). The van der Waals surface area contributed by atoms with Crippen molar-refractivity contribution in [1.82, 2.24) is 0 Å². The monoisotopic (exact) mass is 215 g/mol. The van der Waals surface area contributed by atoms with Crippen LogP contribution in [0.4, 0.5) is 0 Å². The summed E-state index contributed by atoms with van der Waals surface area (Å²) in [6, 6.07) is 5.63. The second kappa shape index (κ2) is 4.73. The van der Waals surface area contributed by atoms with Crippen molar-refractivity contribution in [1.29, 1.82) is 0 Å². The number of carbonyl (C=O) groups excluding carboxylic acids is 1. The van der Waals surface area contributed by atoms with Crippen LogP contribution in [-0.2, 0) is 16.2 Å². The van der Waals surface area contributed by atoms with Gasteiger partial charge in [-0.25, -0.2) is 4.21 Å². The Morgan fingerprint density at radius 1 is 1.29 bits per heavy atom. The first kappa shape index (κ1) is 10.7. The van der Waals surface area contributed by atoms with Crippen LogP contribution in [-0.4, -0.2) is 14.7 Å². The van der Waals surface area contributed by atoms with E-state index in [9.17, 15) is 13.6 Å². The molecule has 0 fully saturated rings. The normalized spacial score (nSPS) is 11.9. The maximum Gasteiger partial charge on any atom is 0.308 e. The van der Waals surface area contributed by atoms with Crippen molar-refractivity contribution in [3.63, 3.8) is 0 Å². The highest BCUT2D eigenvalue weighted by Gasteiger charge is 1.98. The first-order valence-corrected chi connectivity index (χ1v) is 4.64. The molecule has 0 aliphatic rings. The van der Waals surface area contributed by atoms with Crippen LogP contribution in [0.1, 0.15) is 6.92 Å². The molecule has 0 aliphatic heterocycles. The Bertz CT molecular complexity index is 310. The molecule has 0 aromatic heterocycles. The van der Waals surface area contributed by atoms with E-state index in [2.05, 4.69) is 4.18 Å². The van der Waals surface area contributed by atoms with Crippen LogP contribution in [0.2, 0.25) is 0 Å². The Hall–Kier alpha value is -1.40. The third kappa shape index (κ3) is 3.55. The third-order valence-corrected chi connectivity index (χ3v) is 1.58. The minimum atomic E-state index is -2.59. The molecule has 5 nitrogen and oxygen atoms in total. The van der Waals surface area contributed by atoms with E-state index < -0.39 is 17.3 Å². The van der Waals surface area contributed by atoms with Crippen LogP contribution in [0.25, 0.3) is 0 Å². The molecule has 0 saturated carbocycles. The van der Waals surface area contributed by atoms with Gasteiger partial charge in [0, 0.05) is 6.92 Å². The predicted molar refractivity (Wildman–Crippen MR) is 47.3 cm³/mol. The van der Waals surface area contributed by atoms with E-state index in [1.165, 1.54) is 31.2 Å². The summed E-state index contributed by atoms with van der Waals surface area (Å²) in [6.45, 7) is 1.27. The fourth-order valence-electron chi connectivity index (χ4n) is 0.808. The van der Waals surface area contributed by atoms with Gasteiger partial charge in [0.05, 0.1) is 0 Å². The van der Waals surface area contributed by atoms with Gasteiger partial charge < -0.3 is 13.5 Å². The lowest BCUT2D eigenvalue weighted by Crippen LogP contribution is -2.01. The summed E-state index contributed by atoms with van der Waals surface area (Å²) in [5, 5.41) is 0. The van der Waals surface area contributed by atoms with Crippen molar-refractivity contribution in [2.24, 2.45) is 0 Å². The van der Waals surface area contributed by atoms with Crippen LogP contribution in [0.3, 0.4) is 0 Å². The first-order valence-electron chi connectivity index (χ1n) is 3.64. The molecule has 0 heterocycles. The molecular formula is C8H7O5S-. The summed E-state index contributed by atoms with van der Waals surface area (Å²) >= 11 is -2.59. The van der Waals surface area contributed by atoms with E-state index in [0.29, 0.717) is 5.75 Å². The molecular weight excluding hydrogens is 208 g/mol. The second-order valence-electron chi connectivity index (χ2n) is 2.35. The van der Waals surface area contributed by atoms with Gasteiger partial charge in [0.1, 0.15) is 22.9 Å². The number of ether oxygens (including phenoxy) is 1. The van der Waals surface area contributed by atoms with Gasteiger partial charge in [-0.2, -0.15) is 0 Å². The number of rotatable bonds is 3. The van der Waals surface area contributed by atoms with Crippen molar-refractivity contribution in [3.8, 4) is 11.5 Å². The number of esters is 1. The molecule has 0 spiro atoms. The molecule has 1 aromatic carbocycles. The molecule has 1 atom stereocenters. The van der Waals surface area contributed by atoms with E-state index in [1.807, 2.05) is 0 Å². The highest BCUT2D eigenvalue weighted by atomic mass is 32.2. The van der Waals surface area contributed by atoms with Gasteiger partial charge in [-0.3, -0.25) is 4.79 Å². The largest absolute Gasteiger partial charge is 0.740 e. The molecule has 0 saturated heterocycles.